The van der Waals surface area contributed by atoms with Crippen LogP contribution in [0.2, 0.25) is 0 Å². The average molecular weight is 241 g/mol. The highest BCUT2D eigenvalue weighted by Gasteiger charge is 2.26. The zero-order chi connectivity index (χ0) is 12.9. The lowest BCUT2D eigenvalue weighted by atomic mass is 9.75. The highest BCUT2D eigenvalue weighted by molar-refractivity contribution is 4.82. The van der Waals surface area contributed by atoms with Crippen LogP contribution in [0, 0.1) is 10.8 Å². The normalized spacial score (nSPS) is 21.7. The molecule has 2 heteroatoms. The minimum atomic E-state index is 0.0935. The van der Waals surface area contributed by atoms with Crippen LogP contribution < -0.4 is 5.32 Å². The fourth-order valence-electron chi connectivity index (χ4n) is 2.56. The Labute approximate surface area is 107 Å². The third kappa shape index (κ3) is 5.87. The Morgan fingerprint density at radius 3 is 2.35 bits per heavy atom. The number of aliphatic hydroxyl groups excluding tert-OH is 1. The number of aliphatic hydroxyl groups is 1. The van der Waals surface area contributed by atoms with Crippen molar-refractivity contribution in [3.05, 3.63) is 0 Å². The van der Waals surface area contributed by atoms with Gasteiger partial charge in [-0.05, 0) is 55.9 Å². The first-order valence-corrected chi connectivity index (χ1v) is 7.19. The zero-order valence-corrected chi connectivity index (χ0v) is 12.2. The van der Waals surface area contributed by atoms with Crippen LogP contribution in [0.15, 0.2) is 0 Å². The molecular formula is C15H31NO. The summed E-state index contributed by atoms with van der Waals surface area (Å²) in [6.07, 6.45) is 7.65. The number of rotatable bonds is 6. The molecule has 1 aliphatic carbocycles. The predicted octanol–water partition coefficient (Wildman–Crippen LogP) is 3.34. The molecular weight excluding hydrogens is 210 g/mol. The predicted molar refractivity (Wildman–Crippen MR) is 74.1 cm³/mol. The van der Waals surface area contributed by atoms with E-state index in [2.05, 4.69) is 33.0 Å². The van der Waals surface area contributed by atoms with Gasteiger partial charge in [-0.2, -0.15) is 0 Å². The fourth-order valence-corrected chi connectivity index (χ4v) is 2.56. The van der Waals surface area contributed by atoms with Gasteiger partial charge in [0.05, 0.1) is 0 Å². The average Bonchev–Trinajstić information content (AvgIpc) is 2.26. The summed E-state index contributed by atoms with van der Waals surface area (Å²) in [4.78, 5) is 0. The van der Waals surface area contributed by atoms with Crippen molar-refractivity contribution in [2.24, 2.45) is 10.8 Å². The van der Waals surface area contributed by atoms with E-state index in [0.29, 0.717) is 12.0 Å². The maximum absolute atomic E-state index is 9.18. The topological polar surface area (TPSA) is 32.3 Å². The SMILES string of the molecule is CC(C)(CO)CCCNC1CCC(C)(C)CC1. The van der Waals surface area contributed by atoms with Crippen LogP contribution >= 0.6 is 0 Å². The van der Waals surface area contributed by atoms with Gasteiger partial charge in [0.1, 0.15) is 0 Å². The van der Waals surface area contributed by atoms with Gasteiger partial charge in [-0.1, -0.05) is 27.7 Å². The monoisotopic (exact) mass is 241 g/mol. The second-order valence-electron chi connectivity index (χ2n) is 7.32. The van der Waals surface area contributed by atoms with Crippen molar-refractivity contribution in [2.75, 3.05) is 13.2 Å². The molecule has 0 aromatic rings. The molecule has 0 aromatic carbocycles. The molecule has 1 saturated carbocycles. The molecule has 0 aromatic heterocycles. The lowest BCUT2D eigenvalue weighted by Crippen LogP contribution is -2.36. The van der Waals surface area contributed by atoms with E-state index in [-0.39, 0.29) is 5.41 Å². The van der Waals surface area contributed by atoms with Gasteiger partial charge < -0.3 is 10.4 Å². The molecule has 0 radical (unpaired) electrons. The molecule has 0 saturated heterocycles. The van der Waals surface area contributed by atoms with E-state index in [9.17, 15) is 5.11 Å². The van der Waals surface area contributed by atoms with Gasteiger partial charge in [-0.25, -0.2) is 0 Å². The number of nitrogens with one attached hydrogen (secondary N) is 1. The van der Waals surface area contributed by atoms with Crippen LogP contribution in [0.25, 0.3) is 0 Å². The van der Waals surface area contributed by atoms with Crippen LogP contribution in [-0.4, -0.2) is 24.3 Å². The van der Waals surface area contributed by atoms with E-state index >= 15 is 0 Å². The number of hydrogen-bond donors (Lipinski definition) is 2. The van der Waals surface area contributed by atoms with Gasteiger partial charge in [-0.15, -0.1) is 0 Å². The van der Waals surface area contributed by atoms with Crippen LogP contribution in [0.5, 0.6) is 0 Å². The molecule has 0 unspecified atom stereocenters. The van der Waals surface area contributed by atoms with Crippen LogP contribution in [0.4, 0.5) is 0 Å². The largest absolute Gasteiger partial charge is 0.396 e. The van der Waals surface area contributed by atoms with Crippen LogP contribution in [0.1, 0.15) is 66.2 Å². The second-order valence-corrected chi connectivity index (χ2v) is 7.32. The molecule has 0 amide bonds. The summed E-state index contributed by atoms with van der Waals surface area (Å²) in [5.74, 6) is 0. The van der Waals surface area contributed by atoms with Gasteiger partial charge in [0, 0.05) is 12.6 Å². The molecule has 2 N–H and O–H groups in total. The lowest BCUT2D eigenvalue weighted by molar-refractivity contribution is 0.146. The lowest BCUT2D eigenvalue weighted by Gasteiger charge is -2.35. The van der Waals surface area contributed by atoms with Crippen LogP contribution in [-0.2, 0) is 0 Å². The molecule has 0 aliphatic heterocycles. The van der Waals surface area contributed by atoms with Crippen molar-refractivity contribution in [1.29, 1.82) is 0 Å². The molecule has 2 nitrogen and oxygen atoms in total. The smallest absolute Gasteiger partial charge is 0.0482 e. The summed E-state index contributed by atoms with van der Waals surface area (Å²) in [6.45, 7) is 10.4. The standard InChI is InChI=1S/C15H31NO/c1-14(2)9-6-13(7-10-14)16-11-5-8-15(3,4)12-17/h13,16-17H,5-12H2,1-4H3. The van der Waals surface area contributed by atoms with Crippen molar-refractivity contribution in [1.82, 2.24) is 5.32 Å². The van der Waals surface area contributed by atoms with Gasteiger partial charge in [-0.3, -0.25) is 0 Å². The van der Waals surface area contributed by atoms with Gasteiger partial charge in [0.25, 0.3) is 0 Å². The Morgan fingerprint density at radius 2 is 1.82 bits per heavy atom. The van der Waals surface area contributed by atoms with Gasteiger partial charge >= 0.3 is 0 Å². The first kappa shape index (κ1) is 15.0. The van der Waals surface area contributed by atoms with Gasteiger partial charge in [0.2, 0.25) is 0 Å². The summed E-state index contributed by atoms with van der Waals surface area (Å²) in [5.41, 5.74) is 0.660. The Bertz CT molecular complexity index is 213. The second kappa shape index (κ2) is 6.19. The first-order chi connectivity index (χ1) is 7.85. The van der Waals surface area contributed by atoms with Crippen molar-refractivity contribution >= 4 is 0 Å². The molecule has 0 bridgehead atoms. The Kier molecular flexibility index (Phi) is 5.46. The van der Waals surface area contributed by atoms with Crippen molar-refractivity contribution in [3.63, 3.8) is 0 Å². The maximum atomic E-state index is 9.18. The maximum Gasteiger partial charge on any atom is 0.0482 e. The zero-order valence-electron chi connectivity index (χ0n) is 12.2. The van der Waals surface area contributed by atoms with Crippen molar-refractivity contribution < 1.29 is 5.11 Å². The molecule has 0 heterocycles. The van der Waals surface area contributed by atoms with Crippen molar-refractivity contribution in [2.45, 2.75) is 72.3 Å². The molecule has 1 aliphatic rings. The Morgan fingerprint density at radius 1 is 1.24 bits per heavy atom. The molecule has 102 valence electrons. The molecule has 1 fully saturated rings. The summed E-state index contributed by atoms with van der Waals surface area (Å²) in [5, 5.41) is 12.9. The Balaban J connectivity index is 2.08. The van der Waals surface area contributed by atoms with E-state index < -0.39 is 0 Å². The van der Waals surface area contributed by atoms with Crippen LogP contribution in [0.3, 0.4) is 0 Å². The van der Waals surface area contributed by atoms with E-state index in [4.69, 9.17) is 0 Å². The minimum Gasteiger partial charge on any atom is -0.396 e. The first-order valence-electron chi connectivity index (χ1n) is 7.19. The molecule has 0 spiro atoms. The number of hydrogen-bond acceptors (Lipinski definition) is 2. The quantitative estimate of drug-likeness (QED) is 0.699. The molecule has 17 heavy (non-hydrogen) atoms. The van der Waals surface area contributed by atoms with E-state index in [1.165, 1.54) is 32.1 Å². The highest BCUT2D eigenvalue weighted by Crippen LogP contribution is 2.35. The Hall–Kier alpha value is -0.0800. The van der Waals surface area contributed by atoms with E-state index in [0.717, 1.165) is 19.0 Å². The van der Waals surface area contributed by atoms with Gasteiger partial charge in [0.15, 0.2) is 0 Å². The van der Waals surface area contributed by atoms with E-state index in [1.807, 2.05) is 0 Å². The van der Waals surface area contributed by atoms with E-state index in [1.54, 1.807) is 0 Å². The third-order valence-corrected chi connectivity index (χ3v) is 4.23. The van der Waals surface area contributed by atoms with Crippen molar-refractivity contribution in [3.8, 4) is 0 Å². The summed E-state index contributed by atoms with van der Waals surface area (Å²) < 4.78 is 0. The minimum absolute atomic E-state index is 0.0935. The molecule has 0 atom stereocenters. The highest BCUT2D eigenvalue weighted by atomic mass is 16.3. The summed E-state index contributed by atoms with van der Waals surface area (Å²) in [6, 6.07) is 0.736. The summed E-state index contributed by atoms with van der Waals surface area (Å²) >= 11 is 0. The third-order valence-electron chi connectivity index (χ3n) is 4.23. The molecule has 1 rings (SSSR count). The fraction of sp³-hybridized carbons (Fsp3) is 1.00. The summed E-state index contributed by atoms with van der Waals surface area (Å²) in [7, 11) is 0.